The van der Waals surface area contributed by atoms with Gasteiger partial charge in [-0.3, -0.25) is 13.9 Å². The maximum absolute atomic E-state index is 13.3. The molecule has 1 N–H and O–H groups in total. The van der Waals surface area contributed by atoms with Crippen molar-refractivity contribution in [3.05, 3.63) is 59.7 Å². The lowest BCUT2D eigenvalue weighted by Gasteiger charge is -2.29. The third-order valence-corrected chi connectivity index (χ3v) is 6.86. The fourth-order valence-corrected chi connectivity index (χ4v) is 4.70. The molecule has 0 saturated heterocycles. The lowest BCUT2D eigenvalue weighted by atomic mass is 10.1. The molecule has 2 rings (SSSR count). The topological polar surface area (TPSA) is 96.0 Å². The van der Waals surface area contributed by atoms with Gasteiger partial charge in [-0.25, -0.2) is 8.42 Å². The van der Waals surface area contributed by atoms with Gasteiger partial charge >= 0.3 is 0 Å². The summed E-state index contributed by atoms with van der Waals surface area (Å²) < 4.78 is 31.3. The maximum atomic E-state index is 13.3. The SMILES string of the molecule is CCCNC(=O)[C@H](C)N(Cc1cccc(C)c1)C(=O)CCCN(c1ccc(OC)cc1)S(C)(=O)=O. The number of amides is 2. The third-order valence-electron chi connectivity index (χ3n) is 5.66. The van der Waals surface area contributed by atoms with Crippen molar-refractivity contribution in [1.82, 2.24) is 10.2 Å². The highest BCUT2D eigenvalue weighted by Gasteiger charge is 2.26. The van der Waals surface area contributed by atoms with E-state index >= 15 is 0 Å². The van der Waals surface area contributed by atoms with E-state index in [0.717, 1.165) is 23.8 Å². The van der Waals surface area contributed by atoms with E-state index in [2.05, 4.69) is 5.32 Å². The summed E-state index contributed by atoms with van der Waals surface area (Å²) in [5, 5.41) is 2.86. The van der Waals surface area contributed by atoms with Crippen molar-refractivity contribution >= 4 is 27.5 Å². The van der Waals surface area contributed by atoms with Crippen LogP contribution >= 0.6 is 0 Å². The van der Waals surface area contributed by atoms with Gasteiger partial charge in [0.1, 0.15) is 11.8 Å². The average molecular weight is 504 g/mol. The second-order valence-corrected chi connectivity index (χ2v) is 10.5. The first kappa shape index (κ1) is 28.2. The molecular weight excluding hydrogens is 466 g/mol. The normalized spacial score (nSPS) is 12.0. The minimum absolute atomic E-state index is 0.111. The molecule has 0 saturated carbocycles. The number of nitrogens with zero attached hydrogens (tertiary/aromatic N) is 2. The van der Waals surface area contributed by atoms with Crippen molar-refractivity contribution in [3.63, 3.8) is 0 Å². The van der Waals surface area contributed by atoms with E-state index in [9.17, 15) is 18.0 Å². The molecule has 9 heteroatoms. The molecule has 0 aliphatic rings. The third kappa shape index (κ3) is 8.58. The Kier molecular flexibility index (Phi) is 10.6. The summed E-state index contributed by atoms with van der Waals surface area (Å²) in [6.45, 7) is 6.66. The van der Waals surface area contributed by atoms with Gasteiger partial charge in [0.25, 0.3) is 0 Å². The molecule has 0 aromatic heterocycles. The van der Waals surface area contributed by atoms with Crippen LogP contribution in [-0.2, 0) is 26.2 Å². The van der Waals surface area contributed by atoms with Crippen LogP contribution in [0.1, 0.15) is 44.2 Å². The fourth-order valence-electron chi connectivity index (χ4n) is 3.74. The second-order valence-electron chi connectivity index (χ2n) is 8.61. The number of aryl methyl sites for hydroxylation is 1. The predicted octanol–water partition coefficient (Wildman–Crippen LogP) is 3.49. The summed E-state index contributed by atoms with van der Waals surface area (Å²) in [7, 11) is -2.00. The molecule has 2 aromatic carbocycles. The standard InChI is InChI=1S/C26H37N3O5S/c1-6-16-27-26(31)21(3)28(19-22-10-7-9-20(2)18-22)25(30)11-8-17-29(35(5,32)33)23-12-14-24(34-4)15-13-23/h7,9-10,12-15,18,21H,6,8,11,16-17,19H2,1-5H3,(H,27,31)/t21-/m0/s1. The number of methoxy groups -OCH3 is 1. The average Bonchev–Trinajstić information content (AvgIpc) is 2.82. The first-order valence-corrected chi connectivity index (χ1v) is 13.7. The molecule has 0 aliphatic carbocycles. The molecule has 8 nitrogen and oxygen atoms in total. The number of benzene rings is 2. The van der Waals surface area contributed by atoms with Gasteiger partial charge in [0.15, 0.2) is 0 Å². The van der Waals surface area contributed by atoms with Gasteiger partial charge in [-0.15, -0.1) is 0 Å². The Morgan fingerprint density at radius 3 is 2.37 bits per heavy atom. The van der Waals surface area contributed by atoms with Crippen LogP contribution in [0.4, 0.5) is 5.69 Å². The van der Waals surface area contributed by atoms with Crippen LogP contribution < -0.4 is 14.4 Å². The highest BCUT2D eigenvalue weighted by molar-refractivity contribution is 7.92. The molecule has 35 heavy (non-hydrogen) atoms. The maximum Gasteiger partial charge on any atom is 0.242 e. The van der Waals surface area contributed by atoms with E-state index in [1.165, 1.54) is 4.31 Å². The van der Waals surface area contributed by atoms with Crippen LogP contribution in [0.2, 0.25) is 0 Å². The van der Waals surface area contributed by atoms with Gasteiger partial charge in [-0.1, -0.05) is 36.8 Å². The van der Waals surface area contributed by atoms with Gasteiger partial charge in [0.05, 0.1) is 19.1 Å². The number of carbonyl (C=O) groups is 2. The van der Waals surface area contributed by atoms with Crippen LogP contribution in [0.15, 0.2) is 48.5 Å². The Bertz CT molecular complexity index is 1090. The second kappa shape index (κ2) is 13.1. The lowest BCUT2D eigenvalue weighted by molar-refractivity contribution is -0.140. The Morgan fingerprint density at radius 2 is 1.80 bits per heavy atom. The number of ether oxygens (including phenoxy) is 1. The molecule has 2 amide bonds. The van der Waals surface area contributed by atoms with E-state index < -0.39 is 16.1 Å². The molecule has 0 spiro atoms. The molecule has 0 heterocycles. The number of carbonyl (C=O) groups excluding carboxylic acids is 2. The first-order chi connectivity index (χ1) is 16.6. The molecule has 1 atom stereocenters. The Hall–Kier alpha value is -3.07. The number of rotatable bonds is 13. The van der Waals surface area contributed by atoms with Crippen molar-refractivity contribution in [2.75, 3.05) is 30.8 Å². The molecule has 0 bridgehead atoms. The summed E-state index contributed by atoms with van der Waals surface area (Å²) in [6.07, 6.45) is 2.37. The van der Waals surface area contributed by atoms with E-state index in [1.807, 2.05) is 38.1 Å². The van der Waals surface area contributed by atoms with Crippen LogP contribution in [0.25, 0.3) is 0 Å². The fraction of sp³-hybridized carbons (Fsp3) is 0.462. The molecule has 192 valence electrons. The van der Waals surface area contributed by atoms with Crippen molar-refractivity contribution in [2.24, 2.45) is 0 Å². The first-order valence-electron chi connectivity index (χ1n) is 11.8. The molecular formula is C26H37N3O5S. The molecule has 0 fully saturated rings. The summed E-state index contributed by atoms with van der Waals surface area (Å²) >= 11 is 0. The van der Waals surface area contributed by atoms with E-state index in [4.69, 9.17) is 4.74 Å². The highest BCUT2D eigenvalue weighted by atomic mass is 32.2. The Morgan fingerprint density at radius 1 is 1.11 bits per heavy atom. The summed E-state index contributed by atoms with van der Waals surface area (Å²) in [5.74, 6) is 0.220. The number of sulfonamides is 1. The quantitative estimate of drug-likeness (QED) is 0.451. The smallest absolute Gasteiger partial charge is 0.242 e. The van der Waals surface area contributed by atoms with Crippen LogP contribution in [0.3, 0.4) is 0 Å². The summed E-state index contributed by atoms with van der Waals surface area (Å²) in [4.78, 5) is 27.5. The van der Waals surface area contributed by atoms with Crippen molar-refractivity contribution in [1.29, 1.82) is 0 Å². The predicted molar refractivity (Wildman–Crippen MR) is 139 cm³/mol. The minimum atomic E-state index is -3.55. The monoisotopic (exact) mass is 503 g/mol. The van der Waals surface area contributed by atoms with Gasteiger partial charge in [-0.05, 0) is 56.5 Å². The zero-order chi connectivity index (χ0) is 26.0. The van der Waals surface area contributed by atoms with Crippen LogP contribution in [-0.4, -0.2) is 57.6 Å². The minimum Gasteiger partial charge on any atom is -0.497 e. The zero-order valence-corrected chi connectivity index (χ0v) is 22.1. The largest absolute Gasteiger partial charge is 0.497 e. The van der Waals surface area contributed by atoms with E-state index in [1.54, 1.807) is 43.2 Å². The van der Waals surface area contributed by atoms with Gasteiger partial charge in [0, 0.05) is 26.1 Å². The Labute approximate surface area is 209 Å². The van der Waals surface area contributed by atoms with Gasteiger partial charge in [-0.2, -0.15) is 0 Å². The molecule has 2 aromatic rings. The summed E-state index contributed by atoms with van der Waals surface area (Å²) in [5.41, 5.74) is 2.51. The highest BCUT2D eigenvalue weighted by Crippen LogP contribution is 2.22. The van der Waals surface area contributed by atoms with Crippen molar-refractivity contribution in [3.8, 4) is 5.75 Å². The van der Waals surface area contributed by atoms with Crippen LogP contribution in [0.5, 0.6) is 5.75 Å². The zero-order valence-electron chi connectivity index (χ0n) is 21.3. The summed E-state index contributed by atoms with van der Waals surface area (Å²) in [6, 6.07) is 13.9. The number of hydrogen-bond donors (Lipinski definition) is 1. The van der Waals surface area contributed by atoms with Crippen molar-refractivity contribution < 1.29 is 22.7 Å². The van der Waals surface area contributed by atoms with Gasteiger partial charge < -0.3 is 15.0 Å². The van der Waals surface area contributed by atoms with Crippen LogP contribution in [0, 0.1) is 6.92 Å². The number of anilines is 1. The lowest BCUT2D eigenvalue weighted by Crippen LogP contribution is -2.47. The van der Waals surface area contributed by atoms with E-state index in [0.29, 0.717) is 30.9 Å². The van der Waals surface area contributed by atoms with Gasteiger partial charge in [0.2, 0.25) is 21.8 Å². The molecule has 0 unspecified atom stereocenters. The van der Waals surface area contributed by atoms with E-state index in [-0.39, 0.29) is 24.8 Å². The molecule has 0 aliphatic heterocycles. The number of hydrogen-bond acceptors (Lipinski definition) is 5. The number of nitrogens with one attached hydrogen (secondary N) is 1. The molecule has 0 radical (unpaired) electrons. The Balaban J connectivity index is 2.14. The van der Waals surface area contributed by atoms with Crippen molar-refractivity contribution in [2.45, 2.75) is 52.6 Å².